The van der Waals surface area contributed by atoms with Gasteiger partial charge >= 0.3 is 0 Å². The van der Waals surface area contributed by atoms with E-state index in [2.05, 4.69) is 20.2 Å². The second-order valence-electron chi connectivity index (χ2n) is 5.05. The van der Waals surface area contributed by atoms with E-state index in [4.69, 9.17) is 0 Å². The van der Waals surface area contributed by atoms with Crippen LogP contribution in [0.4, 0.5) is 0 Å². The van der Waals surface area contributed by atoms with Crippen molar-refractivity contribution >= 4 is 15.9 Å². The van der Waals surface area contributed by atoms with E-state index in [0.717, 1.165) is 0 Å². The Morgan fingerprint density at radius 2 is 2.18 bits per heavy atom. The van der Waals surface area contributed by atoms with E-state index in [1.807, 2.05) is 0 Å². The number of nitrogens with one attached hydrogen (secondary N) is 1. The minimum Gasteiger partial charge on any atom is -0.344 e. The van der Waals surface area contributed by atoms with Crippen LogP contribution < -0.4 is 4.72 Å². The summed E-state index contributed by atoms with van der Waals surface area (Å²) in [6.45, 7) is 0.366. The third-order valence-electron chi connectivity index (χ3n) is 3.40. The van der Waals surface area contributed by atoms with Crippen molar-refractivity contribution in [2.45, 2.75) is 17.4 Å². The molecule has 3 rings (SSSR count). The standard InChI is InChI=1S/C12H14N6O3S/c1-17-7-9(5-12(17)19)14-22(20,21)11-4-2-3-10(6-11)18-8-13-15-16-18/h2-4,6,8-9,14H,5,7H2,1H3/t9-/m0/s1. The molecule has 0 bridgehead atoms. The zero-order valence-electron chi connectivity index (χ0n) is 11.7. The van der Waals surface area contributed by atoms with Crippen LogP contribution in [-0.4, -0.2) is 59.1 Å². The van der Waals surface area contributed by atoms with Crippen molar-refractivity contribution in [1.29, 1.82) is 0 Å². The molecule has 2 aromatic rings. The number of rotatable bonds is 4. The molecule has 1 aliphatic heterocycles. The molecule has 1 saturated heterocycles. The molecule has 1 atom stereocenters. The minimum atomic E-state index is -3.71. The van der Waals surface area contributed by atoms with Crippen LogP contribution in [0.2, 0.25) is 0 Å². The first-order chi connectivity index (χ1) is 10.5. The van der Waals surface area contributed by atoms with Crippen molar-refractivity contribution in [3.63, 3.8) is 0 Å². The SMILES string of the molecule is CN1C[C@@H](NS(=O)(=O)c2cccc(-n3cnnn3)c2)CC1=O. The van der Waals surface area contributed by atoms with Crippen LogP contribution in [0, 0.1) is 0 Å². The monoisotopic (exact) mass is 322 g/mol. The van der Waals surface area contributed by atoms with E-state index in [9.17, 15) is 13.2 Å². The van der Waals surface area contributed by atoms with Gasteiger partial charge in [-0.2, -0.15) is 0 Å². The molecule has 0 saturated carbocycles. The van der Waals surface area contributed by atoms with E-state index < -0.39 is 16.1 Å². The lowest BCUT2D eigenvalue weighted by atomic mass is 10.3. The van der Waals surface area contributed by atoms with E-state index in [1.54, 1.807) is 19.2 Å². The van der Waals surface area contributed by atoms with Gasteiger partial charge in [0, 0.05) is 26.1 Å². The van der Waals surface area contributed by atoms with Gasteiger partial charge in [0.2, 0.25) is 15.9 Å². The molecule has 1 aromatic heterocycles. The Labute approximate surface area is 127 Å². The van der Waals surface area contributed by atoms with Gasteiger partial charge in [-0.25, -0.2) is 17.8 Å². The van der Waals surface area contributed by atoms with Crippen LogP contribution >= 0.6 is 0 Å². The normalized spacial score (nSPS) is 18.9. The lowest BCUT2D eigenvalue weighted by molar-refractivity contribution is -0.126. The van der Waals surface area contributed by atoms with E-state index in [-0.39, 0.29) is 17.2 Å². The fourth-order valence-electron chi connectivity index (χ4n) is 2.30. The van der Waals surface area contributed by atoms with Gasteiger partial charge in [0.05, 0.1) is 10.6 Å². The first-order valence-corrected chi connectivity index (χ1v) is 8.04. The molecule has 116 valence electrons. The Balaban J connectivity index is 1.84. The highest BCUT2D eigenvalue weighted by Crippen LogP contribution is 2.16. The second kappa shape index (κ2) is 5.46. The van der Waals surface area contributed by atoms with E-state index in [0.29, 0.717) is 12.2 Å². The Bertz CT molecular complexity index is 789. The molecule has 0 radical (unpaired) electrons. The molecule has 0 spiro atoms. The Hall–Kier alpha value is -2.33. The molecular weight excluding hydrogens is 308 g/mol. The van der Waals surface area contributed by atoms with Gasteiger partial charge in [-0.1, -0.05) is 6.07 Å². The van der Waals surface area contributed by atoms with Crippen LogP contribution in [0.15, 0.2) is 35.5 Å². The molecule has 9 nitrogen and oxygen atoms in total. The van der Waals surface area contributed by atoms with Crippen LogP contribution in [-0.2, 0) is 14.8 Å². The second-order valence-corrected chi connectivity index (χ2v) is 6.76. The third kappa shape index (κ3) is 2.83. The van der Waals surface area contributed by atoms with Gasteiger partial charge in [0.15, 0.2) is 0 Å². The molecule has 1 N–H and O–H groups in total. The van der Waals surface area contributed by atoms with E-state index in [1.165, 1.54) is 28.0 Å². The average Bonchev–Trinajstić information content (AvgIpc) is 3.10. The molecule has 1 amide bonds. The molecule has 1 fully saturated rings. The number of amides is 1. The number of nitrogens with zero attached hydrogens (tertiary/aromatic N) is 5. The number of tetrazole rings is 1. The van der Waals surface area contributed by atoms with Crippen molar-refractivity contribution in [3.05, 3.63) is 30.6 Å². The van der Waals surface area contributed by atoms with Crippen molar-refractivity contribution in [2.24, 2.45) is 0 Å². The van der Waals surface area contributed by atoms with Crippen LogP contribution in [0.3, 0.4) is 0 Å². The van der Waals surface area contributed by atoms with Gasteiger partial charge in [0.1, 0.15) is 6.33 Å². The predicted molar refractivity (Wildman–Crippen MR) is 75.5 cm³/mol. The Morgan fingerprint density at radius 1 is 1.36 bits per heavy atom. The summed E-state index contributed by atoms with van der Waals surface area (Å²) in [5.41, 5.74) is 0.535. The summed E-state index contributed by atoms with van der Waals surface area (Å²) < 4.78 is 28.8. The summed E-state index contributed by atoms with van der Waals surface area (Å²) in [6, 6.07) is 5.84. The quantitative estimate of drug-likeness (QED) is 0.787. The van der Waals surface area contributed by atoms with Crippen LogP contribution in [0.25, 0.3) is 5.69 Å². The fraction of sp³-hybridized carbons (Fsp3) is 0.333. The van der Waals surface area contributed by atoms with Crippen LogP contribution in [0.5, 0.6) is 0 Å². The summed E-state index contributed by atoms with van der Waals surface area (Å²) in [6.07, 6.45) is 1.55. The van der Waals surface area contributed by atoms with Gasteiger partial charge in [-0.05, 0) is 28.6 Å². The lowest BCUT2D eigenvalue weighted by Gasteiger charge is -2.13. The summed E-state index contributed by atoms with van der Waals surface area (Å²) in [4.78, 5) is 13.1. The third-order valence-corrected chi connectivity index (χ3v) is 4.92. The molecule has 10 heteroatoms. The van der Waals surface area contributed by atoms with Crippen molar-refractivity contribution < 1.29 is 13.2 Å². The highest BCUT2D eigenvalue weighted by Gasteiger charge is 2.30. The number of likely N-dealkylation sites (tertiary alicyclic amines) is 1. The molecule has 22 heavy (non-hydrogen) atoms. The number of benzene rings is 1. The largest absolute Gasteiger partial charge is 0.344 e. The average molecular weight is 322 g/mol. The molecule has 1 aliphatic rings. The highest BCUT2D eigenvalue weighted by atomic mass is 32.2. The Kier molecular flexibility index (Phi) is 3.62. The number of aromatic nitrogens is 4. The van der Waals surface area contributed by atoms with Crippen LogP contribution in [0.1, 0.15) is 6.42 Å². The maximum atomic E-state index is 12.4. The number of carbonyl (C=O) groups is 1. The van der Waals surface area contributed by atoms with E-state index >= 15 is 0 Å². The first-order valence-electron chi connectivity index (χ1n) is 6.55. The summed E-state index contributed by atoms with van der Waals surface area (Å²) in [5, 5.41) is 10.8. The number of sulfonamides is 1. The van der Waals surface area contributed by atoms with Gasteiger partial charge < -0.3 is 4.90 Å². The predicted octanol–water partition coefficient (Wildman–Crippen LogP) is -0.829. The topological polar surface area (TPSA) is 110 Å². The highest BCUT2D eigenvalue weighted by molar-refractivity contribution is 7.89. The number of hydrogen-bond acceptors (Lipinski definition) is 6. The Morgan fingerprint density at radius 3 is 2.82 bits per heavy atom. The van der Waals surface area contributed by atoms with Crippen molar-refractivity contribution in [1.82, 2.24) is 29.8 Å². The van der Waals surface area contributed by atoms with Crippen molar-refractivity contribution in [2.75, 3.05) is 13.6 Å². The number of carbonyl (C=O) groups excluding carboxylic acids is 1. The van der Waals surface area contributed by atoms with Gasteiger partial charge in [-0.15, -0.1) is 5.10 Å². The fourth-order valence-corrected chi connectivity index (χ4v) is 3.57. The molecule has 0 aliphatic carbocycles. The number of hydrogen-bond donors (Lipinski definition) is 1. The molecular formula is C12H14N6O3S. The smallest absolute Gasteiger partial charge is 0.240 e. The summed E-state index contributed by atoms with van der Waals surface area (Å²) in [5.74, 6) is -0.0739. The zero-order chi connectivity index (χ0) is 15.7. The summed E-state index contributed by atoms with van der Waals surface area (Å²) >= 11 is 0. The maximum Gasteiger partial charge on any atom is 0.240 e. The first kappa shape index (κ1) is 14.6. The van der Waals surface area contributed by atoms with Crippen molar-refractivity contribution in [3.8, 4) is 5.69 Å². The molecule has 0 unspecified atom stereocenters. The molecule has 2 heterocycles. The van der Waals surface area contributed by atoms with Gasteiger partial charge in [0.25, 0.3) is 0 Å². The van der Waals surface area contributed by atoms with Gasteiger partial charge in [-0.3, -0.25) is 4.79 Å². The summed E-state index contributed by atoms with van der Waals surface area (Å²) in [7, 11) is -2.07. The zero-order valence-corrected chi connectivity index (χ0v) is 12.6. The maximum absolute atomic E-state index is 12.4. The minimum absolute atomic E-state index is 0.0739. The number of likely N-dealkylation sites (N-methyl/N-ethyl adjacent to an activating group) is 1. The lowest BCUT2D eigenvalue weighted by Crippen LogP contribution is -2.36. The molecule has 1 aromatic carbocycles.